The maximum Gasteiger partial charge on any atom is 0.340 e. The van der Waals surface area contributed by atoms with Crippen LogP contribution in [0.2, 0.25) is 0 Å². The third-order valence-electron chi connectivity index (χ3n) is 6.58. The van der Waals surface area contributed by atoms with E-state index in [1.165, 1.54) is 52.0 Å². The molecule has 0 aliphatic carbocycles. The number of aromatic hydroxyl groups is 2. The first-order chi connectivity index (χ1) is 18.9. The molecule has 1 atom stereocenters. The van der Waals surface area contributed by atoms with Gasteiger partial charge in [-0.1, -0.05) is 45.9 Å². The first-order valence-corrected chi connectivity index (χ1v) is 12.3. The Morgan fingerprint density at radius 1 is 0.875 bits per heavy atom. The van der Waals surface area contributed by atoms with Gasteiger partial charge in [0.2, 0.25) is 11.5 Å². The van der Waals surface area contributed by atoms with Gasteiger partial charge in [0.15, 0.2) is 17.1 Å². The second-order valence-electron chi connectivity index (χ2n) is 9.94. The first-order valence-electron chi connectivity index (χ1n) is 12.3. The van der Waals surface area contributed by atoms with Crippen molar-refractivity contribution in [2.45, 2.75) is 33.3 Å². The van der Waals surface area contributed by atoms with E-state index < -0.39 is 69.9 Å². The third kappa shape index (κ3) is 3.81. The molecule has 0 aromatic heterocycles. The van der Waals surface area contributed by atoms with Crippen LogP contribution in [0.25, 0.3) is 0 Å². The average Bonchev–Trinajstić information content (AvgIpc) is 3.19. The van der Waals surface area contributed by atoms with Gasteiger partial charge in [0, 0.05) is 17.2 Å². The SMILES string of the molecule is CC(C)C(=O)Oc1c(O)c(OC(=O)C(C)C)c(C(=O)O)c2c1Oc1cc(O)ccc1C21OC(=O)c2ccccc21. The number of carboxylic acids is 1. The molecule has 0 radical (unpaired) electrons. The molecule has 11 nitrogen and oxygen atoms in total. The van der Waals surface area contributed by atoms with E-state index in [1.54, 1.807) is 18.2 Å². The van der Waals surface area contributed by atoms with Crippen molar-refractivity contribution in [3.8, 4) is 34.5 Å². The zero-order valence-electron chi connectivity index (χ0n) is 21.8. The van der Waals surface area contributed by atoms with Crippen LogP contribution in [-0.2, 0) is 19.9 Å². The predicted octanol–water partition coefficient (Wildman–Crippen LogP) is 4.49. The highest BCUT2D eigenvalue weighted by atomic mass is 16.6. The van der Waals surface area contributed by atoms with Gasteiger partial charge in [-0.05, 0) is 18.2 Å². The summed E-state index contributed by atoms with van der Waals surface area (Å²) in [4.78, 5) is 51.5. The number of fused-ring (bicyclic) bond motifs is 6. The number of ether oxygens (including phenoxy) is 4. The number of carbonyl (C=O) groups excluding carboxylic acids is 3. The highest BCUT2D eigenvalue weighted by Crippen LogP contribution is 2.63. The lowest BCUT2D eigenvalue weighted by atomic mass is 9.75. The second kappa shape index (κ2) is 9.30. The molecule has 2 aliphatic heterocycles. The number of carboxylic acid groups (broad SMARTS) is 1. The van der Waals surface area contributed by atoms with Crippen LogP contribution in [0.4, 0.5) is 0 Å². The standard InChI is InChI=1S/C29H24O11/c1-12(2)26(34)38-22-19(25(32)33)20-23(24(21(22)31)39-27(35)13(3)4)37-18-11-14(30)9-10-17(18)29(20)16-8-6-5-7-15(16)28(36)40-29/h5-13,30-31H,1-4H3,(H,32,33). The Hall–Kier alpha value is -5.06. The van der Waals surface area contributed by atoms with Gasteiger partial charge >= 0.3 is 23.9 Å². The normalized spacial score (nSPS) is 16.6. The minimum absolute atomic E-state index is 0.0680. The summed E-state index contributed by atoms with van der Waals surface area (Å²) in [6, 6.07) is 10.1. The summed E-state index contributed by atoms with van der Waals surface area (Å²) in [7, 11) is 0. The number of aromatic carboxylic acids is 1. The van der Waals surface area contributed by atoms with Crippen LogP contribution in [0.3, 0.4) is 0 Å². The molecule has 40 heavy (non-hydrogen) atoms. The lowest BCUT2D eigenvalue weighted by Gasteiger charge is -2.38. The molecule has 1 unspecified atom stereocenters. The minimum atomic E-state index is -2.02. The van der Waals surface area contributed by atoms with Gasteiger partial charge in [-0.25, -0.2) is 9.59 Å². The number of carbonyl (C=O) groups is 4. The van der Waals surface area contributed by atoms with E-state index in [0.717, 1.165) is 0 Å². The second-order valence-corrected chi connectivity index (χ2v) is 9.94. The molecule has 0 saturated heterocycles. The Morgan fingerprint density at radius 2 is 1.50 bits per heavy atom. The third-order valence-corrected chi connectivity index (χ3v) is 6.58. The Kier molecular flexibility index (Phi) is 6.17. The molecule has 0 amide bonds. The van der Waals surface area contributed by atoms with E-state index in [0.29, 0.717) is 0 Å². The first kappa shape index (κ1) is 26.5. The smallest absolute Gasteiger partial charge is 0.340 e. The Balaban J connectivity index is 1.98. The van der Waals surface area contributed by atoms with Crippen LogP contribution in [0.15, 0.2) is 42.5 Å². The van der Waals surface area contributed by atoms with Crippen molar-refractivity contribution in [1.82, 2.24) is 0 Å². The molecular formula is C29H24O11. The van der Waals surface area contributed by atoms with Crippen LogP contribution in [0.1, 0.15) is 65.1 Å². The van der Waals surface area contributed by atoms with Crippen molar-refractivity contribution in [2.75, 3.05) is 0 Å². The van der Waals surface area contributed by atoms with Crippen molar-refractivity contribution in [3.05, 3.63) is 70.3 Å². The molecule has 5 rings (SSSR count). The molecule has 0 bridgehead atoms. The van der Waals surface area contributed by atoms with Crippen molar-refractivity contribution in [1.29, 1.82) is 0 Å². The fourth-order valence-corrected chi connectivity index (χ4v) is 4.67. The summed E-state index contributed by atoms with van der Waals surface area (Å²) in [5, 5.41) is 31.9. The number of rotatable bonds is 5. The van der Waals surface area contributed by atoms with E-state index in [1.807, 2.05) is 0 Å². The molecule has 3 aromatic rings. The number of benzene rings is 3. The van der Waals surface area contributed by atoms with E-state index in [-0.39, 0.29) is 33.8 Å². The molecule has 2 heterocycles. The molecule has 0 saturated carbocycles. The summed E-state index contributed by atoms with van der Waals surface area (Å²) in [6.07, 6.45) is 0. The molecule has 0 fully saturated rings. The van der Waals surface area contributed by atoms with Gasteiger partial charge in [-0.3, -0.25) is 9.59 Å². The van der Waals surface area contributed by atoms with E-state index in [2.05, 4.69) is 0 Å². The van der Waals surface area contributed by atoms with Gasteiger partial charge in [-0.15, -0.1) is 0 Å². The zero-order valence-corrected chi connectivity index (χ0v) is 21.8. The molecule has 3 aromatic carbocycles. The van der Waals surface area contributed by atoms with E-state index in [9.17, 15) is 34.5 Å². The Morgan fingerprint density at radius 3 is 2.12 bits per heavy atom. The van der Waals surface area contributed by atoms with Gasteiger partial charge < -0.3 is 34.3 Å². The topological polar surface area (TPSA) is 166 Å². The van der Waals surface area contributed by atoms with Crippen molar-refractivity contribution in [2.24, 2.45) is 11.8 Å². The summed E-state index contributed by atoms with van der Waals surface area (Å²) < 4.78 is 22.8. The molecule has 1 spiro atoms. The predicted molar refractivity (Wildman–Crippen MR) is 136 cm³/mol. The maximum atomic E-state index is 13.2. The van der Waals surface area contributed by atoms with E-state index in [4.69, 9.17) is 18.9 Å². The lowest BCUT2D eigenvalue weighted by Crippen LogP contribution is -2.36. The van der Waals surface area contributed by atoms with Crippen LogP contribution < -0.4 is 14.2 Å². The van der Waals surface area contributed by atoms with Crippen LogP contribution in [0, 0.1) is 11.8 Å². The zero-order chi connectivity index (χ0) is 29.1. The maximum absolute atomic E-state index is 13.2. The molecule has 3 N–H and O–H groups in total. The van der Waals surface area contributed by atoms with Crippen molar-refractivity contribution in [3.63, 3.8) is 0 Å². The number of hydrogen-bond donors (Lipinski definition) is 3. The van der Waals surface area contributed by atoms with Gasteiger partial charge in [0.25, 0.3) is 0 Å². The van der Waals surface area contributed by atoms with Crippen molar-refractivity contribution >= 4 is 23.9 Å². The summed E-state index contributed by atoms with van der Waals surface area (Å²) >= 11 is 0. The molecule has 206 valence electrons. The summed E-state index contributed by atoms with van der Waals surface area (Å²) in [5.41, 5.74) is -2.68. The van der Waals surface area contributed by atoms with Crippen LogP contribution in [-0.4, -0.2) is 39.2 Å². The number of esters is 3. The fraction of sp³-hybridized carbons (Fsp3) is 0.241. The highest BCUT2D eigenvalue weighted by molar-refractivity contribution is 6.02. The van der Waals surface area contributed by atoms with Crippen LogP contribution in [0.5, 0.6) is 34.5 Å². The number of hydrogen-bond acceptors (Lipinski definition) is 10. The lowest BCUT2D eigenvalue weighted by molar-refractivity contribution is -0.138. The number of phenols is 2. The van der Waals surface area contributed by atoms with E-state index >= 15 is 0 Å². The molecule has 2 aliphatic rings. The Bertz CT molecular complexity index is 1620. The molecular weight excluding hydrogens is 524 g/mol. The van der Waals surface area contributed by atoms with Crippen molar-refractivity contribution < 1.29 is 53.4 Å². The average molecular weight is 549 g/mol. The summed E-state index contributed by atoms with van der Waals surface area (Å²) in [5.74, 6) is -8.86. The van der Waals surface area contributed by atoms with Gasteiger partial charge in [0.05, 0.1) is 23.0 Å². The van der Waals surface area contributed by atoms with Gasteiger partial charge in [-0.2, -0.15) is 0 Å². The van der Waals surface area contributed by atoms with Gasteiger partial charge in [0.1, 0.15) is 17.1 Å². The fourth-order valence-electron chi connectivity index (χ4n) is 4.67. The largest absolute Gasteiger partial charge is 0.508 e. The number of phenolic OH excluding ortho intramolecular Hbond substituents is 2. The summed E-state index contributed by atoms with van der Waals surface area (Å²) in [6.45, 7) is 6.06. The minimum Gasteiger partial charge on any atom is -0.508 e. The Labute approximate surface area is 227 Å². The quantitative estimate of drug-likeness (QED) is 0.304. The highest BCUT2D eigenvalue weighted by Gasteiger charge is 2.57. The monoisotopic (exact) mass is 548 g/mol. The van der Waals surface area contributed by atoms with Crippen LogP contribution >= 0.6 is 0 Å². The molecule has 11 heteroatoms.